The van der Waals surface area contributed by atoms with Gasteiger partial charge in [-0.2, -0.15) is 0 Å². The second-order valence-corrected chi connectivity index (χ2v) is 19.1. The number of nitrogens with zero attached hydrogens (tertiary/aromatic N) is 4. The van der Waals surface area contributed by atoms with E-state index >= 15 is 0 Å². The van der Waals surface area contributed by atoms with Crippen LogP contribution in [0.5, 0.6) is 0 Å². The van der Waals surface area contributed by atoms with Gasteiger partial charge in [0.15, 0.2) is 0 Å². The standard InChI is InChI=1S/C49H82N6O10S/c1-12-35(6)44(54(9)49(60)42(33(2)3)52-47(59)43(34(4)5)53(8)22-24-63-26-28-65-29-27-64-25-23-56)40(61-10)32-41(57)55-21-16-19-39(55)45(62-11)36(7)46(58)51-38(48-50-20-30-66-48)31-37-17-14-13-15-18-37/h13-15,17-18,20,30,33-36,38-40,42-45,56H,12,16,19,21-29,31-32H2,1-11H3,(H,51,58)(H,52,59)/t35-,36+,38-,39-,40+,42-,43-,44-,45?/m0/s1. The highest BCUT2D eigenvalue weighted by atomic mass is 32.1. The Balaban J connectivity index is 1.69. The number of aliphatic hydroxyl groups excluding tert-OH is 1. The lowest BCUT2D eigenvalue weighted by molar-refractivity contribution is -0.148. The summed E-state index contributed by atoms with van der Waals surface area (Å²) >= 11 is 1.50. The van der Waals surface area contributed by atoms with Crippen molar-refractivity contribution >= 4 is 35.0 Å². The molecule has 1 aromatic carbocycles. The predicted octanol–water partition coefficient (Wildman–Crippen LogP) is 4.60. The average molecular weight is 947 g/mol. The molecule has 1 unspecified atom stereocenters. The Labute approximate surface area is 398 Å². The normalized spacial score (nSPS) is 17.9. The van der Waals surface area contributed by atoms with Gasteiger partial charge >= 0.3 is 0 Å². The summed E-state index contributed by atoms with van der Waals surface area (Å²) in [7, 11) is 6.78. The molecule has 16 nitrogen and oxygen atoms in total. The van der Waals surface area contributed by atoms with Crippen LogP contribution in [0.3, 0.4) is 0 Å². The van der Waals surface area contributed by atoms with E-state index in [1.807, 2.05) is 94.1 Å². The van der Waals surface area contributed by atoms with Crippen LogP contribution in [0.15, 0.2) is 41.9 Å². The van der Waals surface area contributed by atoms with Crippen molar-refractivity contribution in [1.82, 2.24) is 30.3 Å². The Morgan fingerprint density at radius 2 is 1.53 bits per heavy atom. The first-order valence-corrected chi connectivity index (χ1v) is 24.7. The van der Waals surface area contributed by atoms with Crippen LogP contribution in [-0.2, 0) is 49.3 Å². The maximum absolute atomic E-state index is 14.6. The summed E-state index contributed by atoms with van der Waals surface area (Å²) in [6.07, 6.45) is 3.30. The van der Waals surface area contributed by atoms with E-state index in [-0.39, 0.29) is 73.1 Å². The van der Waals surface area contributed by atoms with Gasteiger partial charge in [-0.15, -0.1) is 11.3 Å². The number of ether oxygens (including phenoxy) is 5. The lowest BCUT2D eigenvalue weighted by Gasteiger charge is -2.41. The maximum atomic E-state index is 14.6. The Bertz CT molecular complexity index is 1690. The van der Waals surface area contributed by atoms with Crippen LogP contribution < -0.4 is 10.6 Å². The summed E-state index contributed by atoms with van der Waals surface area (Å²) in [5, 5.41) is 17.9. The van der Waals surface area contributed by atoms with Crippen LogP contribution in [-0.4, -0.2) is 172 Å². The summed E-state index contributed by atoms with van der Waals surface area (Å²) in [4.78, 5) is 67.1. The first-order chi connectivity index (χ1) is 31.6. The Morgan fingerprint density at radius 3 is 2.09 bits per heavy atom. The quantitative estimate of drug-likeness (QED) is 0.0870. The minimum Gasteiger partial charge on any atom is -0.394 e. The van der Waals surface area contributed by atoms with Crippen molar-refractivity contribution in [3.05, 3.63) is 52.5 Å². The summed E-state index contributed by atoms with van der Waals surface area (Å²) in [5.41, 5.74) is 1.08. The number of nitrogens with one attached hydrogen (secondary N) is 2. The van der Waals surface area contributed by atoms with Gasteiger partial charge in [-0.05, 0) is 49.6 Å². The molecule has 4 amide bonds. The van der Waals surface area contributed by atoms with Crippen molar-refractivity contribution in [2.75, 3.05) is 87.7 Å². The molecule has 0 radical (unpaired) electrons. The van der Waals surface area contributed by atoms with Crippen LogP contribution in [0.2, 0.25) is 0 Å². The van der Waals surface area contributed by atoms with E-state index in [0.717, 1.165) is 23.4 Å². The zero-order chi connectivity index (χ0) is 48.8. The number of hydrogen-bond acceptors (Lipinski definition) is 13. The molecule has 9 atom stereocenters. The van der Waals surface area contributed by atoms with Gasteiger partial charge in [0.1, 0.15) is 11.0 Å². The third-order valence-electron chi connectivity index (χ3n) is 12.8. The van der Waals surface area contributed by atoms with Gasteiger partial charge in [0.25, 0.3) is 0 Å². The number of aromatic nitrogens is 1. The van der Waals surface area contributed by atoms with Crippen molar-refractivity contribution in [2.24, 2.45) is 23.7 Å². The first-order valence-electron chi connectivity index (χ1n) is 23.8. The molecule has 2 aromatic rings. The average Bonchev–Trinajstić information content (AvgIpc) is 4.02. The van der Waals surface area contributed by atoms with Gasteiger partial charge in [-0.1, -0.05) is 85.2 Å². The summed E-state index contributed by atoms with van der Waals surface area (Å²) in [5.74, 6) is -1.72. The number of benzene rings is 1. The molecule has 1 aromatic heterocycles. The highest BCUT2D eigenvalue weighted by Gasteiger charge is 2.43. The van der Waals surface area contributed by atoms with Crippen LogP contribution in [0.25, 0.3) is 0 Å². The molecule has 0 aliphatic carbocycles. The van der Waals surface area contributed by atoms with E-state index in [4.69, 9.17) is 28.8 Å². The van der Waals surface area contributed by atoms with E-state index in [2.05, 4.69) is 22.5 Å². The molecule has 3 N–H and O–H groups in total. The second kappa shape index (κ2) is 30.0. The number of carbonyl (C=O) groups excluding carboxylic acids is 4. The Morgan fingerprint density at radius 1 is 0.879 bits per heavy atom. The maximum Gasteiger partial charge on any atom is 0.245 e. The smallest absolute Gasteiger partial charge is 0.245 e. The third kappa shape index (κ3) is 17.2. The number of methoxy groups -OCH3 is 2. The van der Waals surface area contributed by atoms with Gasteiger partial charge in [-0.3, -0.25) is 24.1 Å². The topological polar surface area (TPSA) is 181 Å². The van der Waals surface area contributed by atoms with E-state index in [1.54, 1.807) is 32.4 Å². The van der Waals surface area contributed by atoms with Gasteiger partial charge in [-0.25, -0.2) is 4.98 Å². The van der Waals surface area contributed by atoms with Crippen molar-refractivity contribution in [3.63, 3.8) is 0 Å². The molecule has 1 fully saturated rings. The molecule has 17 heteroatoms. The number of aliphatic hydroxyl groups is 1. The number of amides is 4. The number of rotatable bonds is 32. The number of likely N-dealkylation sites (N-methyl/N-ethyl adjacent to an activating group) is 2. The lowest BCUT2D eigenvalue weighted by atomic mass is 9.89. The largest absolute Gasteiger partial charge is 0.394 e. The van der Waals surface area contributed by atoms with E-state index in [1.165, 1.54) is 11.3 Å². The molecule has 2 heterocycles. The fourth-order valence-corrected chi connectivity index (χ4v) is 9.69. The summed E-state index contributed by atoms with van der Waals surface area (Å²) < 4.78 is 28.6. The van der Waals surface area contributed by atoms with Crippen molar-refractivity contribution in [3.8, 4) is 0 Å². The van der Waals surface area contributed by atoms with Crippen molar-refractivity contribution in [2.45, 2.75) is 123 Å². The molecular weight excluding hydrogens is 865 g/mol. The van der Waals surface area contributed by atoms with Crippen molar-refractivity contribution in [1.29, 1.82) is 0 Å². The molecular formula is C49H82N6O10S. The second-order valence-electron chi connectivity index (χ2n) is 18.2. The zero-order valence-electron chi connectivity index (χ0n) is 41.6. The molecule has 1 saturated heterocycles. The van der Waals surface area contributed by atoms with Gasteiger partial charge < -0.3 is 49.2 Å². The minimum absolute atomic E-state index is 0.0198. The van der Waals surface area contributed by atoms with Crippen LogP contribution in [0, 0.1) is 23.7 Å². The number of thiazole rings is 1. The molecule has 66 heavy (non-hydrogen) atoms. The molecule has 374 valence electrons. The highest BCUT2D eigenvalue weighted by Crippen LogP contribution is 2.31. The fraction of sp³-hybridized carbons (Fsp3) is 0.735. The van der Waals surface area contributed by atoms with Crippen LogP contribution in [0.4, 0.5) is 0 Å². The predicted molar refractivity (Wildman–Crippen MR) is 257 cm³/mol. The van der Waals surface area contributed by atoms with E-state index in [9.17, 15) is 19.2 Å². The first kappa shape index (κ1) is 56.8. The van der Waals surface area contributed by atoms with Gasteiger partial charge in [0.05, 0.1) is 95.0 Å². The highest BCUT2D eigenvalue weighted by molar-refractivity contribution is 7.09. The van der Waals surface area contributed by atoms with E-state index < -0.39 is 36.3 Å². The SMILES string of the molecule is CC[C@H](C)[C@@H]([C@@H](CC(=O)N1CCC[C@H]1C(OC)[C@@H](C)C(=O)N[C@@H](Cc1ccccc1)c1nccs1)OC)N(C)C(=O)[C@@H](NC(=O)[C@H](C(C)C)N(C)CCOCCOCCOCCO)C(C)C. The summed E-state index contributed by atoms with van der Waals surface area (Å²) in [6, 6.07) is 7.51. The molecule has 0 bridgehead atoms. The van der Waals surface area contributed by atoms with E-state index in [0.29, 0.717) is 59.0 Å². The molecule has 1 aliphatic heterocycles. The molecule has 0 spiro atoms. The summed E-state index contributed by atoms with van der Waals surface area (Å²) in [6.45, 7) is 17.0. The number of carbonyl (C=O) groups is 4. The number of hydrogen-bond donors (Lipinski definition) is 3. The monoisotopic (exact) mass is 947 g/mol. The number of likely N-dealkylation sites (tertiary alicyclic amines) is 1. The van der Waals surface area contributed by atoms with Crippen molar-refractivity contribution < 1.29 is 48.0 Å². The van der Waals surface area contributed by atoms with Crippen LogP contribution in [0.1, 0.15) is 90.8 Å². The fourth-order valence-electron chi connectivity index (χ4n) is 9.00. The molecule has 0 saturated carbocycles. The molecule has 3 rings (SSSR count). The minimum atomic E-state index is -0.826. The molecule has 1 aliphatic rings. The van der Waals surface area contributed by atoms with Crippen LogP contribution >= 0.6 is 11.3 Å². The Kier molecular flexibility index (Phi) is 25.8. The van der Waals surface area contributed by atoms with Gasteiger partial charge in [0, 0.05) is 45.9 Å². The zero-order valence-corrected chi connectivity index (χ0v) is 42.4. The Hall–Kier alpha value is -3.55. The van der Waals surface area contributed by atoms with Gasteiger partial charge in [0.2, 0.25) is 23.6 Å². The third-order valence-corrected chi connectivity index (χ3v) is 13.7. The lowest BCUT2D eigenvalue weighted by Crippen LogP contribution is -2.60.